The first-order valence-corrected chi connectivity index (χ1v) is 8.29. The van der Waals surface area contributed by atoms with Gasteiger partial charge >= 0.3 is 5.97 Å². The molecule has 0 atom stereocenters. The molecule has 0 rings (SSSR count). The molecule has 0 aromatic rings. The Morgan fingerprint density at radius 1 is 1.10 bits per heavy atom. The van der Waals surface area contributed by atoms with Gasteiger partial charge in [-0.05, 0) is 33.6 Å². The van der Waals surface area contributed by atoms with E-state index in [1.165, 1.54) is 20.8 Å². The Hall–Kier alpha value is -1.11. The molecule has 0 aliphatic carbocycles. The second kappa shape index (κ2) is 6.56. The number of carbonyl (C=O) groups is 2. The SMILES string of the molecule is CCC(CC)(CC(=O)O)NC(=O)CS(=O)(=O)C(C)(C)C. The van der Waals surface area contributed by atoms with E-state index in [9.17, 15) is 18.0 Å². The van der Waals surface area contributed by atoms with Crippen LogP contribution in [0.1, 0.15) is 53.9 Å². The fourth-order valence-corrected chi connectivity index (χ4v) is 2.58. The van der Waals surface area contributed by atoms with Gasteiger partial charge in [0.2, 0.25) is 5.91 Å². The zero-order chi connectivity index (χ0) is 16.2. The molecule has 7 heteroatoms. The third-order valence-corrected chi connectivity index (χ3v) is 6.01. The van der Waals surface area contributed by atoms with E-state index in [1.807, 2.05) is 0 Å². The van der Waals surface area contributed by atoms with Gasteiger partial charge < -0.3 is 10.4 Å². The molecule has 1 amide bonds. The van der Waals surface area contributed by atoms with Crippen LogP contribution in [0.25, 0.3) is 0 Å². The van der Waals surface area contributed by atoms with Crippen LogP contribution < -0.4 is 5.32 Å². The Bertz CT molecular complexity index is 458. The van der Waals surface area contributed by atoms with Gasteiger partial charge in [0, 0.05) is 5.54 Å². The van der Waals surface area contributed by atoms with Crippen molar-refractivity contribution < 1.29 is 23.1 Å². The molecule has 2 N–H and O–H groups in total. The molecule has 0 spiro atoms. The van der Waals surface area contributed by atoms with E-state index < -0.39 is 37.8 Å². The third kappa shape index (κ3) is 5.11. The number of hydrogen-bond donors (Lipinski definition) is 2. The highest BCUT2D eigenvalue weighted by molar-refractivity contribution is 7.93. The summed E-state index contributed by atoms with van der Waals surface area (Å²) in [6.45, 7) is 8.12. The van der Waals surface area contributed by atoms with Crippen LogP contribution in [0, 0.1) is 0 Å². The summed E-state index contributed by atoms with van der Waals surface area (Å²) in [7, 11) is -3.57. The maximum absolute atomic E-state index is 12.0. The van der Waals surface area contributed by atoms with Crippen molar-refractivity contribution in [1.29, 1.82) is 0 Å². The van der Waals surface area contributed by atoms with Gasteiger partial charge in [-0.1, -0.05) is 13.8 Å². The van der Waals surface area contributed by atoms with Crippen molar-refractivity contribution >= 4 is 21.7 Å². The van der Waals surface area contributed by atoms with Gasteiger partial charge in [0.15, 0.2) is 9.84 Å². The van der Waals surface area contributed by atoms with Crippen LogP contribution in [0.15, 0.2) is 0 Å². The quantitative estimate of drug-likeness (QED) is 0.739. The first-order chi connectivity index (χ1) is 8.89. The average molecular weight is 307 g/mol. The molecule has 0 aromatic heterocycles. The molecule has 0 saturated carbocycles. The first kappa shape index (κ1) is 18.9. The van der Waals surface area contributed by atoms with E-state index in [1.54, 1.807) is 13.8 Å². The number of hydrogen-bond acceptors (Lipinski definition) is 4. The van der Waals surface area contributed by atoms with E-state index in [0.717, 1.165) is 0 Å². The maximum Gasteiger partial charge on any atom is 0.305 e. The highest BCUT2D eigenvalue weighted by Gasteiger charge is 2.35. The lowest BCUT2D eigenvalue weighted by molar-refractivity contribution is -0.139. The van der Waals surface area contributed by atoms with Crippen LogP contribution in [0.3, 0.4) is 0 Å². The monoisotopic (exact) mass is 307 g/mol. The number of carbonyl (C=O) groups excluding carboxylic acids is 1. The van der Waals surface area contributed by atoms with E-state index in [0.29, 0.717) is 12.8 Å². The third-order valence-electron chi connectivity index (χ3n) is 3.50. The molecule has 0 aliphatic rings. The zero-order valence-electron chi connectivity index (χ0n) is 12.8. The smallest absolute Gasteiger partial charge is 0.305 e. The van der Waals surface area contributed by atoms with Crippen LogP contribution in [0.4, 0.5) is 0 Å². The van der Waals surface area contributed by atoms with Gasteiger partial charge in [-0.3, -0.25) is 9.59 Å². The molecule has 0 fully saturated rings. The normalized spacial score (nSPS) is 13.1. The summed E-state index contributed by atoms with van der Waals surface area (Å²) in [6, 6.07) is 0. The van der Waals surface area contributed by atoms with Gasteiger partial charge in [0.05, 0.1) is 11.2 Å². The number of carboxylic acid groups (broad SMARTS) is 1. The van der Waals surface area contributed by atoms with E-state index in [4.69, 9.17) is 5.11 Å². The van der Waals surface area contributed by atoms with Crippen molar-refractivity contribution in [2.45, 2.75) is 64.2 Å². The molecular weight excluding hydrogens is 282 g/mol. The van der Waals surface area contributed by atoms with E-state index in [-0.39, 0.29) is 6.42 Å². The van der Waals surface area contributed by atoms with Crippen molar-refractivity contribution in [2.75, 3.05) is 5.75 Å². The topological polar surface area (TPSA) is 101 Å². The van der Waals surface area contributed by atoms with Gasteiger partial charge in [-0.25, -0.2) is 8.42 Å². The number of amides is 1. The minimum absolute atomic E-state index is 0.221. The average Bonchev–Trinajstić information content (AvgIpc) is 2.24. The minimum Gasteiger partial charge on any atom is -0.481 e. The molecule has 0 unspecified atom stereocenters. The number of aliphatic carboxylic acids is 1. The van der Waals surface area contributed by atoms with Crippen LogP contribution in [-0.4, -0.2) is 41.4 Å². The Balaban J connectivity index is 5.01. The summed E-state index contributed by atoms with van der Waals surface area (Å²) in [6.07, 6.45) is 0.634. The lowest BCUT2D eigenvalue weighted by Crippen LogP contribution is -2.51. The minimum atomic E-state index is -3.57. The molecule has 0 heterocycles. The zero-order valence-corrected chi connectivity index (χ0v) is 13.6. The van der Waals surface area contributed by atoms with Crippen molar-refractivity contribution in [1.82, 2.24) is 5.32 Å². The summed E-state index contributed by atoms with van der Waals surface area (Å²) in [5.74, 6) is -2.30. The van der Waals surface area contributed by atoms with Crippen molar-refractivity contribution in [3.8, 4) is 0 Å². The van der Waals surface area contributed by atoms with Crippen LogP contribution in [0.2, 0.25) is 0 Å². The molecule has 20 heavy (non-hydrogen) atoms. The molecule has 0 bridgehead atoms. The Morgan fingerprint density at radius 3 is 1.85 bits per heavy atom. The standard InChI is InChI=1S/C13H25NO5S/c1-6-13(7-2,8-11(16)17)14-10(15)9-20(18,19)12(3,4)5/h6-9H2,1-5H3,(H,14,15)(H,16,17). The first-order valence-electron chi connectivity index (χ1n) is 6.64. The molecule has 6 nitrogen and oxygen atoms in total. The van der Waals surface area contributed by atoms with E-state index >= 15 is 0 Å². The number of carboxylic acids is 1. The summed E-state index contributed by atoms with van der Waals surface area (Å²) >= 11 is 0. The predicted molar refractivity (Wildman–Crippen MR) is 77.2 cm³/mol. The molecule has 0 saturated heterocycles. The van der Waals surface area contributed by atoms with Gasteiger partial charge in [-0.2, -0.15) is 0 Å². The molecule has 0 aromatic carbocycles. The summed E-state index contributed by atoms with van der Waals surface area (Å²) in [5, 5.41) is 11.5. The number of sulfone groups is 1. The summed E-state index contributed by atoms with van der Waals surface area (Å²) < 4.78 is 22.9. The largest absolute Gasteiger partial charge is 0.481 e. The Kier molecular flexibility index (Phi) is 6.20. The lowest BCUT2D eigenvalue weighted by Gasteiger charge is -2.32. The Labute approximate surface area is 120 Å². The van der Waals surface area contributed by atoms with Crippen LogP contribution in [0.5, 0.6) is 0 Å². The highest BCUT2D eigenvalue weighted by atomic mass is 32.2. The van der Waals surface area contributed by atoms with Gasteiger partial charge in [0.1, 0.15) is 5.75 Å². The summed E-state index contributed by atoms with van der Waals surface area (Å²) in [4.78, 5) is 22.8. The van der Waals surface area contributed by atoms with Gasteiger partial charge in [-0.15, -0.1) is 0 Å². The number of nitrogens with one attached hydrogen (secondary N) is 1. The van der Waals surface area contributed by atoms with E-state index in [2.05, 4.69) is 5.32 Å². The highest BCUT2D eigenvalue weighted by Crippen LogP contribution is 2.21. The maximum atomic E-state index is 12.0. The fourth-order valence-electron chi connectivity index (χ4n) is 1.73. The summed E-state index contributed by atoms with van der Waals surface area (Å²) in [5.41, 5.74) is -0.893. The van der Waals surface area contributed by atoms with Crippen molar-refractivity contribution in [3.05, 3.63) is 0 Å². The van der Waals surface area contributed by atoms with Crippen molar-refractivity contribution in [2.24, 2.45) is 0 Å². The molecule has 0 radical (unpaired) electrons. The van der Waals surface area contributed by atoms with Crippen molar-refractivity contribution in [3.63, 3.8) is 0 Å². The second-order valence-corrected chi connectivity index (χ2v) is 8.72. The van der Waals surface area contributed by atoms with Crippen LogP contribution in [-0.2, 0) is 19.4 Å². The molecule has 0 aliphatic heterocycles. The second-order valence-electron chi connectivity index (χ2n) is 5.98. The molecular formula is C13H25NO5S. The Morgan fingerprint density at radius 2 is 1.55 bits per heavy atom. The van der Waals surface area contributed by atoms with Crippen LogP contribution >= 0.6 is 0 Å². The lowest BCUT2D eigenvalue weighted by atomic mass is 9.89. The molecule has 118 valence electrons. The number of rotatable bonds is 7. The fraction of sp³-hybridized carbons (Fsp3) is 0.846. The van der Waals surface area contributed by atoms with Gasteiger partial charge in [0.25, 0.3) is 0 Å². The predicted octanol–water partition coefficient (Wildman–Crippen LogP) is 1.35.